The SMILES string of the molecule is CC(C)CC(N)C(=O)NC(Cc1cnc[nH]1)C(=O)NC(CC(C)C)C(=O)NC(Cc1ccccc1)C(=O)O. The van der Waals surface area contributed by atoms with E-state index in [0.29, 0.717) is 12.1 Å². The lowest BCUT2D eigenvalue weighted by atomic mass is 10.00. The number of hydrogen-bond donors (Lipinski definition) is 6. The van der Waals surface area contributed by atoms with Crippen molar-refractivity contribution in [3.8, 4) is 0 Å². The van der Waals surface area contributed by atoms with E-state index in [4.69, 9.17) is 5.73 Å². The van der Waals surface area contributed by atoms with Crippen LogP contribution in [0, 0.1) is 11.8 Å². The van der Waals surface area contributed by atoms with Crippen LogP contribution in [0.4, 0.5) is 0 Å². The Morgan fingerprint density at radius 1 is 0.842 bits per heavy atom. The van der Waals surface area contributed by atoms with E-state index in [9.17, 15) is 24.3 Å². The van der Waals surface area contributed by atoms with Crippen molar-refractivity contribution in [1.82, 2.24) is 25.9 Å². The average Bonchev–Trinajstić information content (AvgIpc) is 3.35. The molecular weight excluding hydrogens is 488 g/mol. The normalized spacial score (nSPS) is 14.4. The Bertz CT molecular complexity index is 1040. The van der Waals surface area contributed by atoms with Crippen LogP contribution in [0.15, 0.2) is 42.9 Å². The van der Waals surface area contributed by atoms with Gasteiger partial charge in [0.2, 0.25) is 17.7 Å². The summed E-state index contributed by atoms with van der Waals surface area (Å²) >= 11 is 0. The maximum absolute atomic E-state index is 13.4. The molecule has 0 fully saturated rings. The molecule has 4 unspecified atom stereocenters. The van der Waals surface area contributed by atoms with Crippen molar-refractivity contribution in [2.24, 2.45) is 17.6 Å². The molecule has 0 radical (unpaired) electrons. The second kappa shape index (κ2) is 14.9. The standard InChI is InChI=1S/C27H40N6O5/c1-16(2)10-20(28)24(34)31-22(13-19-14-29-15-30-19)26(36)32-21(11-17(3)4)25(35)33-23(27(37)38)12-18-8-6-5-7-9-18/h5-9,14-17,20-23H,10-13,28H2,1-4H3,(H,29,30)(H,31,34)(H,32,36)(H,33,35)(H,37,38). The molecule has 0 bridgehead atoms. The van der Waals surface area contributed by atoms with Gasteiger partial charge in [0, 0.05) is 24.7 Å². The molecule has 7 N–H and O–H groups in total. The van der Waals surface area contributed by atoms with Crippen LogP contribution < -0.4 is 21.7 Å². The van der Waals surface area contributed by atoms with Crippen LogP contribution in [0.25, 0.3) is 0 Å². The molecule has 0 spiro atoms. The van der Waals surface area contributed by atoms with Gasteiger partial charge in [-0.1, -0.05) is 58.0 Å². The summed E-state index contributed by atoms with van der Waals surface area (Å²) in [5, 5.41) is 17.7. The summed E-state index contributed by atoms with van der Waals surface area (Å²) in [6.45, 7) is 7.66. The number of nitrogens with two attached hydrogens (primary N) is 1. The summed E-state index contributed by atoms with van der Waals surface area (Å²) in [6.07, 6.45) is 3.92. The quantitative estimate of drug-likeness (QED) is 0.201. The molecule has 0 saturated carbocycles. The van der Waals surface area contributed by atoms with Gasteiger partial charge in [-0.25, -0.2) is 9.78 Å². The number of aromatic nitrogens is 2. The lowest BCUT2D eigenvalue weighted by Gasteiger charge is -2.26. The fraction of sp³-hybridized carbons (Fsp3) is 0.519. The first-order valence-electron chi connectivity index (χ1n) is 12.9. The Kier molecular flexibility index (Phi) is 11.9. The Morgan fingerprint density at radius 3 is 1.97 bits per heavy atom. The number of nitrogens with one attached hydrogen (secondary N) is 4. The highest BCUT2D eigenvalue weighted by atomic mass is 16.4. The molecule has 0 aliphatic carbocycles. The third-order valence-electron chi connectivity index (χ3n) is 5.91. The summed E-state index contributed by atoms with van der Waals surface area (Å²) in [4.78, 5) is 58.0. The predicted octanol–water partition coefficient (Wildman–Crippen LogP) is 1.15. The van der Waals surface area contributed by atoms with Gasteiger partial charge in [0.05, 0.1) is 12.4 Å². The maximum Gasteiger partial charge on any atom is 0.326 e. The first kappa shape index (κ1) is 30.5. The number of amides is 3. The van der Waals surface area contributed by atoms with E-state index < -0.39 is 47.9 Å². The van der Waals surface area contributed by atoms with E-state index in [0.717, 1.165) is 5.56 Å². The number of hydrogen-bond acceptors (Lipinski definition) is 6. The number of nitrogens with zero attached hydrogens (tertiary/aromatic N) is 1. The molecule has 0 aliphatic heterocycles. The molecule has 11 nitrogen and oxygen atoms in total. The molecule has 1 heterocycles. The molecule has 38 heavy (non-hydrogen) atoms. The summed E-state index contributed by atoms with van der Waals surface area (Å²) in [6, 6.07) is 4.96. The lowest BCUT2D eigenvalue weighted by Crippen LogP contribution is -2.58. The van der Waals surface area contributed by atoms with Crippen molar-refractivity contribution >= 4 is 23.7 Å². The average molecular weight is 529 g/mol. The molecule has 11 heteroatoms. The third-order valence-corrected chi connectivity index (χ3v) is 5.91. The minimum absolute atomic E-state index is 0.0172. The third kappa shape index (κ3) is 10.3. The molecule has 0 saturated heterocycles. The van der Waals surface area contributed by atoms with Gasteiger partial charge in [0.1, 0.15) is 18.1 Å². The Balaban J connectivity index is 2.18. The number of rotatable bonds is 15. The van der Waals surface area contributed by atoms with Crippen molar-refractivity contribution in [1.29, 1.82) is 0 Å². The minimum Gasteiger partial charge on any atom is -0.480 e. The fourth-order valence-corrected chi connectivity index (χ4v) is 4.02. The van der Waals surface area contributed by atoms with Crippen LogP contribution in [0.1, 0.15) is 51.8 Å². The molecule has 1 aromatic heterocycles. The lowest BCUT2D eigenvalue weighted by molar-refractivity contribution is -0.142. The molecule has 2 rings (SSSR count). The second-order valence-corrected chi connectivity index (χ2v) is 10.4. The highest BCUT2D eigenvalue weighted by Gasteiger charge is 2.31. The summed E-state index contributed by atoms with van der Waals surface area (Å²) in [7, 11) is 0. The van der Waals surface area contributed by atoms with E-state index in [1.807, 2.05) is 33.8 Å². The van der Waals surface area contributed by atoms with E-state index in [-0.39, 0.29) is 31.1 Å². The Hall–Kier alpha value is -3.73. The number of carbonyl (C=O) groups is 4. The van der Waals surface area contributed by atoms with Crippen LogP contribution in [0.3, 0.4) is 0 Å². The van der Waals surface area contributed by atoms with Gasteiger partial charge >= 0.3 is 5.97 Å². The van der Waals surface area contributed by atoms with Gasteiger partial charge in [0.15, 0.2) is 0 Å². The zero-order valence-electron chi connectivity index (χ0n) is 22.4. The van der Waals surface area contributed by atoms with Crippen LogP contribution in [0.5, 0.6) is 0 Å². The molecular formula is C27H40N6O5. The topological polar surface area (TPSA) is 179 Å². The number of carboxylic acid groups (broad SMARTS) is 1. The monoisotopic (exact) mass is 528 g/mol. The number of carboxylic acids is 1. The van der Waals surface area contributed by atoms with Gasteiger partial charge in [-0.3, -0.25) is 14.4 Å². The van der Waals surface area contributed by atoms with Crippen molar-refractivity contribution in [2.75, 3.05) is 0 Å². The summed E-state index contributed by atoms with van der Waals surface area (Å²) < 4.78 is 0. The number of H-pyrrole nitrogens is 1. The highest BCUT2D eigenvalue weighted by Crippen LogP contribution is 2.10. The van der Waals surface area contributed by atoms with Crippen LogP contribution in [-0.4, -0.2) is 62.9 Å². The van der Waals surface area contributed by atoms with Gasteiger partial charge in [-0.05, 0) is 30.2 Å². The molecule has 0 aliphatic rings. The molecule has 1 aromatic carbocycles. The Morgan fingerprint density at radius 2 is 1.42 bits per heavy atom. The van der Waals surface area contributed by atoms with Crippen molar-refractivity contribution in [3.63, 3.8) is 0 Å². The first-order valence-corrected chi connectivity index (χ1v) is 12.9. The van der Waals surface area contributed by atoms with Gasteiger partial charge in [-0.15, -0.1) is 0 Å². The highest BCUT2D eigenvalue weighted by molar-refractivity contribution is 5.94. The molecule has 4 atom stereocenters. The van der Waals surface area contributed by atoms with Crippen LogP contribution >= 0.6 is 0 Å². The zero-order chi connectivity index (χ0) is 28.2. The van der Waals surface area contributed by atoms with Gasteiger partial charge in [0.25, 0.3) is 0 Å². The minimum atomic E-state index is -1.18. The van der Waals surface area contributed by atoms with E-state index in [2.05, 4.69) is 25.9 Å². The predicted molar refractivity (Wildman–Crippen MR) is 143 cm³/mol. The van der Waals surface area contributed by atoms with Crippen molar-refractivity contribution < 1.29 is 24.3 Å². The van der Waals surface area contributed by atoms with E-state index in [1.165, 1.54) is 6.33 Å². The first-order chi connectivity index (χ1) is 18.0. The molecule has 208 valence electrons. The van der Waals surface area contributed by atoms with Crippen LogP contribution in [-0.2, 0) is 32.0 Å². The number of benzene rings is 1. The largest absolute Gasteiger partial charge is 0.480 e. The smallest absolute Gasteiger partial charge is 0.326 e. The van der Waals surface area contributed by atoms with E-state index in [1.54, 1.807) is 30.5 Å². The Labute approximate surface area is 223 Å². The fourth-order valence-electron chi connectivity index (χ4n) is 4.02. The maximum atomic E-state index is 13.4. The summed E-state index contributed by atoms with van der Waals surface area (Å²) in [5.74, 6) is -2.65. The zero-order valence-corrected chi connectivity index (χ0v) is 22.4. The summed E-state index contributed by atoms with van der Waals surface area (Å²) in [5.41, 5.74) is 7.39. The number of carbonyl (C=O) groups excluding carboxylic acids is 3. The second-order valence-electron chi connectivity index (χ2n) is 10.4. The van der Waals surface area contributed by atoms with Crippen molar-refractivity contribution in [3.05, 3.63) is 54.1 Å². The number of aliphatic carboxylic acids is 1. The van der Waals surface area contributed by atoms with E-state index >= 15 is 0 Å². The number of aromatic amines is 1. The molecule has 2 aromatic rings. The van der Waals surface area contributed by atoms with Gasteiger partial charge < -0.3 is 31.8 Å². The van der Waals surface area contributed by atoms with Gasteiger partial charge in [-0.2, -0.15) is 0 Å². The van der Waals surface area contributed by atoms with Crippen LogP contribution in [0.2, 0.25) is 0 Å². The van der Waals surface area contributed by atoms with Crippen molar-refractivity contribution in [2.45, 2.75) is 77.5 Å². The number of imidazole rings is 1. The molecule has 3 amide bonds.